The molecule has 24 heavy (non-hydrogen) atoms. The van der Waals surface area contributed by atoms with Gasteiger partial charge in [0.05, 0.1) is 0 Å². The van der Waals surface area contributed by atoms with Crippen LogP contribution >= 0.6 is 0 Å². The summed E-state index contributed by atoms with van der Waals surface area (Å²) in [4.78, 5) is 23.5. The number of pyridine rings is 1. The molecule has 0 saturated heterocycles. The Hall–Kier alpha value is -1.91. The van der Waals surface area contributed by atoms with Crippen LogP contribution in [0.25, 0.3) is 0 Å². The first-order chi connectivity index (χ1) is 11.4. The SMILES string of the molecule is CCCCN(C(=O)OC(C)(C)C)c1ncccc1C1=NCCCC1. The maximum atomic E-state index is 12.7. The highest BCUT2D eigenvalue weighted by Crippen LogP contribution is 2.24. The van der Waals surface area contributed by atoms with Crippen molar-refractivity contribution in [2.24, 2.45) is 4.99 Å². The van der Waals surface area contributed by atoms with E-state index in [1.54, 1.807) is 11.1 Å². The zero-order valence-corrected chi connectivity index (χ0v) is 15.3. The van der Waals surface area contributed by atoms with E-state index in [1.807, 2.05) is 32.9 Å². The summed E-state index contributed by atoms with van der Waals surface area (Å²) in [6, 6.07) is 3.92. The minimum atomic E-state index is -0.529. The van der Waals surface area contributed by atoms with Crippen molar-refractivity contribution in [2.75, 3.05) is 18.0 Å². The fourth-order valence-electron chi connectivity index (χ4n) is 2.67. The molecule has 1 aromatic heterocycles. The Labute approximate surface area is 145 Å². The predicted molar refractivity (Wildman–Crippen MR) is 98.0 cm³/mol. The zero-order valence-electron chi connectivity index (χ0n) is 15.3. The van der Waals surface area contributed by atoms with E-state index in [2.05, 4.69) is 16.9 Å². The summed E-state index contributed by atoms with van der Waals surface area (Å²) in [5.41, 5.74) is 1.48. The van der Waals surface area contributed by atoms with Crippen LogP contribution in [0, 0.1) is 0 Å². The van der Waals surface area contributed by atoms with Crippen LogP contribution in [0.5, 0.6) is 0 Å². The molecule has 1 amide bonds. The zero-order chi connectivity index (χ0) is 17.6. The summed E-state index contributed by atoms with van der Waals surface area (Å²) in [6.45, 7) is 9.21. The van der Waals surface area contributed by atoms with Gasteiger partial charge in [0.1, 0.15) is 11.4 Å². The Balaban J connectivity index is 2.35. The van der Waals surface area contributed by atoms with E-state index in [9.17, 15) is 4.79 Å². The van der Waals surface area contributed by atoms with Gasteiger partial charge in [0.2, 0.25) is 0 Å². The normalized spacial score (nSPS) is 14.9. The molecule has 2 heterocycles. The first-order valence-corrected chi connectivity index (χ1v) is 8.91. The van der Waals surface area contributed by atoms with Gasteiger partial charge in [-0.3, -0.25) is 9.89 Å². The van der Waals surface area contributed by atoms with Crippen molar-refractivity contribution in [1.29, 1.82) is 0 Å². The van der Waals surface area contributed by atoms with Gasteiger partial charge in [-0.05, 0) is 58.6 Å². The summed E-state index contributed by atoms with van der Waals surface area (Å²) in [7, 11) is 0. The van der Waals surface area contributed by atoms with Crippen molar-refractivity contribution < 1.29 is 9.53 Å². The molecular formula is C19H29N3O2. The molecule has 132 valence electrons. The van der Waals surface area contributed by atoms with E-state index in [4.69, 9.17) is 4.74 Å². The molecular weight excluding hydrogens is 302 g/mol. The second-order valence-corrected chi connectivity index (χ2v) is 7.15. The number of amides is 1. The third-order valence-corrected chi connectivity index (χ3v) is 3.83. The molecule has 0 fully saturated rings. The van der Waals surface area contributed by atoms with E-state index in [1.165, 1.54) is 0 Å². The van der Waals surface area contributed by atoms with Gasteiger partial charge in [-0.2, -0.15) is 0 Å². The number of aliphatic imine (C=N–C) groups is 1. The smallest absolute Gasteiger partial charge is 0.416 e. The summed E-state index contributed by atoms with van der Waals surface area (Å²) in [5.74, 6) is 0.667. The number of unbranched alkanes of at least 4 members (excludes halogenated alkanes) is 1. The lowest BCUT2D eigenvalue weighted by molar-refractivity contribution is 0.0578. The Morgan fingerprint density at radius 1 is 1.33 bits per heavy atom. The van der Waals surface area contributed by atoms with Gasteiger partial charge >= 0.3 is 6.09 Å². The van der Waals surface area contributed by atoms with Crippen molar-refractivity contribution in [3.8, 4) is 0 Å². The lowest BCUT2D eigenvalue weighted by Gasteiger charge is -2.28. The number of carbonyl (C=O) groups is 1. The first kappa shape index (κ1) is 18.4. The van der Waals surface area contributed by atoms with E-state index < -0.39 is 5.60 Å². The Bertz CT molecular complexity index is 591. The molecule has 0 atom stereocenters. The number of hydrogen-bond donors (Lipinski definition) is 0. The van der Waals surface area contributed by atoms with Crippen molar-refractivity contribution in [3.05, 3.63) is 23.9 Å². The van der Waals surface area contributed by atoms with Gasteiger partial charge in [-0.1, -0.05) is 13.3 Å². The summed E-state index contributed by atoms with van der Waals surface area (Å²) >= 11 is 0. The number of hydrogen-bond acceptors (Lipinski definition) is 4. The molecule has 1 aliphatic rings. The number of nitrogens with zero attached hydrogens (tertiary/aromatic N) is 3. The topological polar surface area (TPSA) is 54.8 Å². The monoisotopic (exact) mass is 331 g/mol. The average Bonchev–Trinajstić information content (AvgIpc) is 2.55. The van der Waals surface area contributed by atoms with Crippen molar-refractivity contribution in [3.63, 3.8) is 0 Å². The summed E-state index contributed by atoms with van der Waals surface area (Å²) in [6.07, 6.45) is 6.50. The number of ether oxygens (including phenoxy) is 1. The maximum absolute atomic E-state index is 12.7. The molecule has 0 N–H and O–H groups in total. The first-order valence-electron chi connectivity index (χ1n) is 8.91. The molecule has 0 saturated carbocycles. The van der Waals surface area contributed by atoms with Crippen LogP contribution in [0.15, 0.2) is 23.3 Å². The molecule has 0 bridgehead atoms. The summed E-state index contributed by atoms with van der Waals surface area (Å²) < 4.78 is 5.60. The van der Waals surface area contributed by atoms with Crippen molar-refractivity contribution >= 4 is 17.6 Å². The second-order valence-electron chi connectivity index (χ2n) is 7.15. The third kappa shape index (κ3) is 5.05. The highest BCUT2D eigenvalue weighted by atomic mass is 16.6. The van der Waals surface area contributed by atoms with E-state index >= 15 is 0 Å². The highest BCUT2D eigenvalue weighted by molar-refractivity contribution is 6.07. The molecule has 1 aromatic rings. The van der Waals surface area contributed by atoms with Crippen LogP contribution in [0.1, 0.15) is 65.4 Å². The summed E-state index contributed by atoms with van der Waals surface area (Å²) in [5, 5.41) is 0. The number of rotatable bonds is 5. The number of aromatic nitrogens is 1. The number of anilines is 1. The lowest BCUT2D eigenvalue weighted by atomic mass is 10.0. The molecule has 1 aliphatic heterocycles. The second kappa shape index (κ2) is 8.27. The maximum Gasteiger partial charge on any atom is 0.416 e. The van der Waals surface area contributed by atoms with Crippen LogP contribution in [0.2, 0.25) is 0 Å². The fourth-order valence-corrected chi connectivity index (χ4v) is 2.67. The molecule has 0 unspecified atom stereocenters. The molecule has 0 spiro atoms. The van der Waals surface area contributed by atoms with E-state index in [0.717, 1.165) is 49.9 Å². The molecule has 0 radical (unpaired) electrons. The molecule has 2 rings (SSSR count). The third-order valence-electron chi connectivity index (χ3n) is 3.83. The van der Waals surface area contributed by atoms with Crippen molar-refractivity contribution in [2.45, 2.75) is 65.4 Å². The molecule has 0 aliphatic carbocycles. The van der Waals surface area contributed by atoms with Gasteiger partial charge in [0.15, 0.2) is 0 Å². The van der Waals surface area contributed by atoms with Gasteiger partial charge < -0.3 is 4.74 Å². The van der Waals surface area contributed by atoms with Crippen LogP contribution in [-0.2, 0) is 4.74 Å². The lowest BCUT2D eigenvalue weighted by Crippen LogP contribution is -2.39. The number of carbonyl (C=O) groups excluding carboxylic acids is 1. The van der Waals surface area contributed by atoms with Crippen LogP contribution in [0.4, 0.5) is 10.6 Å². The van der Waals surface area contributed by atoms with Gasteiger partial charge in [0, 0.05) is 30.6 Å². The van der Waals surface area contributed by atoms with Gasteiger partial charge in [0.25, 0.3) is 0 Å². The Kier molecular flexibility index (Phi) is 6.35. The molecule has 5 heteroatoms. The minimum absolute atomic E-state index is 0.340. The fraction of sp³-hybridized carbons (Fsp3) is 0.632. The molecule has 0 aromatic carbocycles. The quantitative estimate of drug-likeness (QED) is 0.792. The van der Waals surface area contributed by atoms with Crippen molar-refractivity contribution in [1.82, 2.24) is 4.98 Å². The highest BCUT2D eigenvalue weighted by Gasteiger charge is 2.27. The van der Waals surface area contributed by atoms with Crippen LogP contribution in [-0.4, -0.2) is 35.5 Å². The standard InChI is InChI=1S/C19H29N3O2/c1-5-6-14-22(18(23)24-19(2,3)4)17-15(10-9-13-21-17)16-11-7-8-12-20-16/h9-10,13H,5-8,11-12,14H2,1-4H3. The minimum Gasteiger partial charge on any atom is -0.443 e. The Morgan fingerprint density at radius 2 is 2.12 bits per heavy atom. The van der Waals surface area contributed by atoms with Crippen LogP contribution in [0.3, 0.4) is 0 Å². The average molecular weight is 331 g/mol. The molecule has 5 nitrogen and oxygen atoms in total. The van der Waals surface area contributed by atoms with Gasteiger partial charge in [-0.25, -0.2) is 9.78 Å². The predicted octanol–water partition coefficient (Wildman–Crippen LogP) is 4.60. The Morgan fingerprint density at radius 3 is 2.75 bits per heavy atom. The van der Waals surface area contributed by atoms with E-state index in [-0.39, 0.29) is 6.09 Å². The van der Waals surface area contributed by atoms with E-state index in [0.29, 0.717) is 12.4 Å². The van der Waals surface area contributed by atoms with Gasteiger partial charge in [-0.15, -0.1) is 0 Å². The van der Waals surface area contributed by atoms with Crippen LogP contribution < -0.4 is 4.90 Å². The largest absolute Gasteiger partial charge is 0.443 e.